The molecule has 0 amide bonds. The van der Waals surface area contributed by atoms with E-state index in [-0.39, 0.29) is 0 Å². The quantitative estimate of drug-likeness (QED) is 0.842. The van der Waals surface area contributed by atoms with Crippen LogP contribution in [-0.2, 0) is 0 Å². The number of fused-ring (bicyclic) bond motifs is 2. The Morgan fingerprint density at radius 3 is 1.81 bits per heavy atom. The van der Waals surface area contributed by atoms with Gasteiger partial charge in [-0.15, -0.1) is 0 Å². The first kappa shape index (κ1) is 13.4. The molecule has 4 saturated carbocycles. The molecule has 0 radical (unpaired) electrons. The molecule has 0 aromatic carbocycles. The Morgan fingerprint density at radius 2 is 1.33 bits per heavy atom. The third-order valence-corrected chi connectivity index (χ3v) is 8.25. The summed E-state index contributed by atoms with van der Waals surface area (Å²) < 4.78 is 0. The normalized spacial score (nSPS) is 56.9. The maximum atomic E-state index is 6.30. The minimum Gasteiger partial charge on any atom is -0.328 e. The van der Waals surface area contributed by atoms with Crippen molar-refractivity contribution < 1.29 is 0 Å². The van der Waals surface area contributed by atoms with Gasteiger partial charge in [0.15, 0.2) is 0 Å². The Hall–Kier alpha value is -0.0800. The highest BCUT2D eigenvalue weighted by atomic mass is 15.3. The molecule has 3 atom stereocenters. The third kappa shape index (κ3) is 1.91. The molecule has 2 aliphatic heterocycles. The molecule has 4 aliphatic carbocycles. The van der Waals surface area contributed by atoms with Crippen molar-refractivity contribution in [3.8, 4) is 0 Å². The van der Waals surface area contributed by atoms with Crippen LogP contribution < -0.4 is 5.73 Å². The summed E-state index contributed by atoms with van der Waals surface area (Å²) in [4.78, 5) is 2.98. The SMILES string of the molecule is CC(N1C2CCC1CC(N)C2)C12CC3CC(CC(C3)C1)C2. The van der Waals surface area contributed by atoms with Gasteiger partial charge in [-0.25, -0.2) is 0 Å². The van der Waals surface area contributed by atoms with Crippen molar-refractivity contribution in [1.82, 2.24) is 4.90 Å². The van der Waals surface area contributed by atoms with Crippen molar-refractivity contribution in [3.63, 3.8) is 0 Å². The van der Waals surface area contributed by atoms with Gasteiger partial charge in [0.1, 0.15) is 0 Å². The monoisotopic (exact) mass is 288 g/mol. The van der Waals surface area contributed by atoms with Crippen LogP contribution in [-0.4, -0.2) is 29.1 Å². The van der Waals surface area contributed by atoms with Crippen molar-refractivity contribution in [1.29, 1.82) is 0 Å². The topological polar surface area (TPSA) is 29.3 Å². The number of hydrogen-bond acceptors (Lipinski definition) is 2. The summed E-state index contributed by atoms with van der Waals surface area (Å²) in [7, 11) is 0. The van der Waals surface area contributed by atoms with E-state index in [0.29, 0.717) is 11.5 Å². The summed E-state index contributed by atoms with van der Waals surface area (Å²) in [6.45, 7) is 2.61. The van der Waals surface area contributed by atoms with E-state index < -0.39 is 0 Å². The smallest absolute Gasteiger partial charge is 0.0130 e. The van der Waals surface area contributed by atoms with Crippen LogP contribution in [0.2, 0.25) is 0 Å². The van der Waals surface area contributed by atoms with Gasteiger partial charge in [-0.05, 0) is 94.3 Å². The highest BCUT2D eigenvalue weighted by Crippen LogP contribution is 2.62. The van der Waals surface area contributed by atoms with E-state index in [1.165, 1.54) is 25.7 Å². The number of nitrogens with two attached hydrogens (primary N) is 1. The van der Waals surface area contributed by atoms with Crippen LogP contribution in [0.1, 0.15) is 71.1 Å². The predicted octanol–water partition coefficient (Wildman–Crippen LogP) is 3.55. The van der Waals surface area contributed by atoms with Crippen LogP contribution in [0.3, 0.4) is 0 Å². The second-order valence-corrected chi connectivity index (χ2v) is 9.52. The predicted molar refractivity (Wildman–Crippen MR) is 85.9 cm³/mol. The third-order valence-electron chi connectivity index (χ3n) is 8.25. The van der Waals surface area contributed by atoms with Gasteiger partial charge in [-0.1, -0.05) is 0 Å². The lowest BCUT2D eigenvalue weighted by Crippen LogP contribution is -2.60. The van der Waals surface area contributed by atoms with E-state index >= 15 is 0 Å². The second kappa shape index (κ2) is 4.47. The van der Waals surface area contributed by atoms with E-state index in [1.807, 2.05) is 0 Å². The van der Waals surface area contributed by atoms with E-state index in [0.717, 1.165) is 35.9 Å². The lowest BCUT2D eigenvalue weighted by atomic mass is 9.47. The second-order valence-electron chi connectivity index (χ2n) is 9.52. The molecule has 0 aromatic rings. The van der Waals surface area contributed by atoms with Crippen molar-refractivity contribution in [2.75, 3.05) is 0 Å². The summed E-state index contributed by atoms with van der Waals surface area (Å²) in [6.07, 6.45) is 14.8. The summed E-state index contributed by atoms with van der Waals surface area (Å²) in [5.74, 6) is 3.26. The molecule has 6 fully saturated rings. The van der Waals surface area contributed by atoms with Gasteiger partial charge in [0.25, 0.3) is 0 Å². The highest BCUT2D eigenvalue weighted by molar-refractivity contribution is 5.09. The molecule has 2 heterocycles. The fourth-order valence-electron chi connectivity index (χ4n) is 7.89. The van der Waals surface area contributed by atoms with E-state index in [2.05, 4.69) is 11.8 Å². The number of piperidine rings is 1. The van der Waals surface area contributed by atoms with E-state index in [9.17, 15) is 0 Å². The Balaban J connectivity index is 1.43. The summed E-state index contributed by atoms with van der Waals surface area (Å²) in [6, 6.07) is 2.96. The summed E-state index contributed by atoms with van der Waals surface area (Å²) in [5.41, 5.74) is 6.99. The average Bonchev–Trinajstić information content (AvgIpc) is 2.68. The van der Waals surface area contributed by atoms with Gasteiger partial charge in [0.2, 0.25) is 0 Å². The van der Waals surface area contributed by atoms with Gasteiger partial charge in [-0.3, -0.25) is 4.90 Å². The lowest BCUT2D eigenvalue weighted by Gasteiger charge is -2.61. The molecule has 2 nitrogen and oxygen atoms in total. The molecular weight excluding hydrogens is 256 g/mol. The molecule has 118 valence electrons. The maximum Gasteiger partial charge on any atom is 0.0130 e. The first-order valence-electron chi connectivity index (χ1n) is 9.66. The van der Waals surface area contributed by atoms with Crippen LogP contribution >= 0.6 is 0 Å². The number of hydrogen-bond donors (Lipinski definition) is 1. The highest BCUT2D eigenvalue weighted by Gasteiger charge is 2.56. The zero-order chi connectivity index (χ0) is 14.2. The van der Waals surface area contributed by atoms with Gasteiger partial charge in [0.05, 0.1) is 0 Å². The minimum atomic E-state index is 0.488. The molecule has 2 N–H and O–H groups in total. The molecule has 6 bridgehead atoms. The minimum absolute atomic E-state index is 0.488. The molecule has 6 aliphatic rings. The molecule has 6 rings (SSSR count). The Morgan fingerprint density at radius 1 is 0.857 bits per heavy atom. The lowest BCUT2D eigenvalue weighted by molar-refractivity contribution is -0.111. The van der Waals surface area contributed by atoms with E-state index in [1.54, 1.807) is 38.5 Å². The van der Waals surface area contributed by atoms with Crippen molar-refractivity contribution >= 4 is 0 Å². The molecular formula is C19H32N2. The summed E-state index contributed by atoms with van der Waals surface area (Å²) >= 11 is 0. The van der Waals surface area contributed by atoms with Crippen molar-refractivity contribution in [3.05, 3.63) is 0 Å². The van der Waals surface area contributed by atoms with Gasteiger partial charge in [-0.2, -0.15) is 0 Å². The standard InChI is InChI=1S/C19H32N2/c1-12(21-17-2-3-18(21)8-16(20)7-17)19-9-13-4-14(10-19)6-15(5-13)11-19/h12-18H,2-11,20H2,1H3. The molecule has 3 unspecified atom stereocenters. The van der Waals surface area contributed by atoms with E-state index in [4.69, 9.17) is 5.73 Å². The van der Waals surface area contributed by atoms with Crippen molar-refractivity contribution in [2.24, 2.45) is 28.9 Å². The van der Waals surface area contributed by atoms with Crippen LogP contribution in [0.25, 0.3) is 0 Å². The largest absolute Gasteiger partial charge is 0.328 e. The zero-order valence-corrected chi connectivity index (χ0v) is 13.6. The molecule has 2 heteroatoms. The molecule has 0 aromatic heterocycles. The number of nitrogens with zero attached hydrogens (tertiary/aromatic N) is 1. The maximum absolute atomic E-state index is 6.30. The van der Waals surface area contributed by atoms with Crippen molar-refractivity contribution in [2.45, 2.75) is 95.3 Å². The fourth-order valence-corrected chi connectivity index (χ4v) is 7.89. The van der Waals surface area contributed by atoms with Gasteiger partial charge >= 0.3 is 0 Å². The molecule has 21 heavy (non-hydrogen) atoms. The first-order chi connectivity index (χ1) is 10.1. The zero-order valence-electron chi connectivity index (χ0n) is 13.6. The fraction of sp³-hybridized carbons (Fsp3) is 1.00. The van der Waals surface area contributed by atoms with Crippen LogP contribution in [0, 0.1) is 23.2 Å². The first-order valence-corrected chi connectivity index (χ1v) is 9.66. The molecule has 2 saturated heterocycles. The van der Waals surface area contributed by atoms with Crippen LogP contribution in [0.15, 0.2) is 0 Å². The Bertz CT molecular complexity index is 382. The average molecular weight is 288 g/mol. The number of rotatable bonds is 2. The van der Waals surface area contributed by atoms with Gasteiger partial charge in [0, 0.05) is 24.2 Å². The Kier molecular flexibility index (Phi) is 2.85. The molecule has 0 spiro atoms. The van der Waals surface area contributed by atoms with Gasteiger partial charge < -0.3 is 5.73 Å². The van der Waals surface area contributed by atoms with Crippen LogP contribution in [0.4, 0.5) is 0 Å². The summed E-state index contributed by atoms with van der Waals surface area (Å²) in [5, 5.41) is 0. The van der Waals surface area contributed by atoms with Crippen LogP contribution in [0.5, 0.6) is 0 Å². The Labute approximate surface area is 129 Å².